The van der Waals surface area contributed by atoms with Crippen LogP contribution in [-0.2, 0) is 5.41 Å². The molecule has 0 aromatic heterocycles. The Morgan fingerprint density at radius 3 is 2.17 bits per heavy atom. The van der Waals surface area contributed by atoms with Crippen molar-refractivity contribution in [1.82, 2.24) is 0 Å². The van der Waals surface area contributed by atoms with Gasteiger partial charge in [0, 0.05) is 11.3 Å². The van der Waals surface area contributed by atoms with Gasteiger partial charge >= 0.3 is 0 Å². The second-order valence-corrected chi connectivity index (χ2v) is 7.43. The molecule has 23 heavy (non-hydrogen) atoms. The Labute approximate surface area is 137 Å². The Hall–Kier alpha value is -2.34. The molecule has 0 spiro atoms. The summed E-state index contributed by atoms with van der Waals surface area (Å²) in [7, 11) is 0. The maximum Gasteiger partial charge on any atom is 0.0162 e. The van der Waals surface area contributed by atoms with Crippen molar-refractivity contribution in [2.75, 3.05) is 0 Å². The minimum atomic E-state index is 0.0770. The average molecular weight is 296 g/mol. The van der Waals surface area contributed by atoms with Gasteiger partial charge in [-0.05, 0) is 44.5 Å². The van der Waals surface area contributed by atoms with E-state index in [1.165, 1.54) is 33.4 Å². The summed E-state index contributed by atoms with van der Waals surface area (Å²) in [6.07, 6.45) is 0. The smallest absolute Gasteiger partial charge is 0.0162 e. The molecular formula is C23H20. The highest BCUT2D eigenvalue weighted by molar-refractivity contribution is 5.89. The molecule has 0 radical (unpaired) electrons. The third kappa shape index (κ3) is 1.47. The molecule has 0 nitrogen and oxygen atoms in total. The lowest BCUT2D eigenvalue weighted by atomic mass is 9.77. The van der Waals surface area contributed by atoms with Gasteiger partial charge in [0.05, 0.1) is 0 Å². The fraction of sp³-hybridized carbons (Fsp3) is 0.217. The molecule has 3 aromatic rings. The Morgan fingerprint density at radius 2 is 1.35 bits per heavy atom. The van der Waals surface area contributed by atoms with Crippen molar-refractivity contribution in [2.45, 2.75) is 32.1 Å². The number of hydrogen-bond donors (Lipinski definition) is 0. The second kappa shape index (κ2) is 4.14. The zero-order chi connectivity index (χ0) is 15.8. The third-order valence-electron chi connectivity index (χ3n) is 5.91. The molecule has 1 atom stereocenters. The van der Waals surface area contributed by atoms with E-state index in [9.17, 15) is 0 Å². The van der Waals surface area contributed by atoms with Gasteiger partial charge in [0.1, 0.15) is 0 Å². The highest BCUT2D eigenvalue weighted by Crippen LogP contribution is 2.56. The molecule has 112 valence electrons. The number of fused-ring (bicyclic) bond motifs is 7. The quantitative estimate of drug-likeness (QED) is 0.468. The largest absolute Gasteiger partial charge is 0.0619 e. The zero-order valence-electron chi connectivity index (χ0n) is 13.9. The number of hydrogen-bond acceptors (Lipinski definition) is 0. The zero-order valence-corrected chi connectivity index (χ0v) is 13.9. The molecule has 2 aliphatic rings. The first-order valence-electron chi connectivity index (χ1n) is 8.47. The maximum atomic E-state index is 2.38. The summed E-state index contributed by atoms with van der Waals surface area (Å²) < 4.78 is 0. The molecule has 0 fully saturated rings. The van der Waals surface area contributed by atoms with Gasteiger partial charge in [0.2, 0.25) is 0 Å². The standard InChI is InChI=1S/C23H20/c1-14-15-8-4-5-9-16(15)18-12-13-19-17-10-6-7-11-20(17)23(2,3)22(19)21(14)18/h4-14H,1-3H3. The fourth-order valence-corrected chi connectivity index (χ4v) is 4.87. The van der Waals surface area contributed by atoms with Crippen molar-refractivity contribution in [3.05, 3.63) is 82.9 Å². The molecule has 5 rings (SSSR count). The predicted molar refractivity (Wildman–Crippen MR) is 97.0 cm³/mol. The molecule has 0 saturated carbocycles. The topological polar surface area (TPSA) is 0 Å². The van der Waals surface area contributed by atoms with Gasteiger partial charge in [-0.15, -0.1) is 0 Å². The highest BCUT2D eigenvalue weighted by atomic mass is 14.4. The number of benzene rings is 3. The summed E-state index contributed by atoms with van der Waals surface area (Å²) in [4.78, 5) is 0. The summed E-state index contributed by atoms with van der Waals surface area (Å²) in [5.41, 5.74) is 11.8. The van der Waals surface area contributed by atoms with Gasteiger partial charge in [0.25, 0.3) is 0 Å². The van der Waals surface area contributed by atoms with Gasteiger partial charge in [-0.25, -0.2) is 0 Å². The molecule has 0 bridgehead atoms. The van der Waals surface area contributed by atoms with E-state index in [4.69, 9.17) is 0 Å². The first kappa shape index (κ1) is 13.1. The van der Waals surface area contributed by atoms with E-state index in [0.717, 1.165) is 0 Å². The Bertz CT molecular complexity index is 960. The van der Waals surface area contributed by atoms with Crippen LogP contribution in [0.5, 0.6) is 0 Å². The minimum Gasteiger partial charge on any atom is -0.0619 e. The normalized spacial score (nSPS) is 19.0. The second-order valence-electron chi connectivity index (χ2n) is 7.43. The fourth-order valence-electron chi connectivity index (χ4n) is 4.87. The van der Waals surface area contributed by atoms with Crippen LogP contribution in [0.15, 0.2) is 60.7 Å². The third-order valence-corrected chi connectivity index (χ3v) is 5.91. The van der Waals surface area contributed by atoms with Gasteiger partial charge in [-0.3, -0.25) is 0 Å². The minimum absolute atomic E-state index is 0.0770. The van der Waals surface area contributed by atoms with Crippen LogP contribution < -0.4 is 0 Å². The van der Waals surface area contributed by atoms with Crippen LogP contribution in [0.4, 0.5) is 0 Å². The lowest BCUT2D eigenvalue weighted by Crippen LogP contribution is -2.17. The lowest BCUT2D eigenvalue weighted by Gasteiger charge is -2.25. The molecule has 0 amide bonds. The summed E-state index contributed by atoms with van der Waals surface area (Å²) in [5, 5.41) is 0. The van der Waals surface area contributed by atoms with Crippen LogP contribution in [0.25, 0.3) is 22.3 Å². The molecule has 0 N–H and O–H groups in total. The molecule has 2 aliphatic carbocycles. The first-order valence-corrected chi connectivity index (χ1v) is 8.47. The van der Waals surface area contributed by atoms with Crippen LogP contribution in [0.1, 0.15) is 48.9 Å². The predicted octanol–water partition coefficient (Wildman–Crippen LogP) is 6.13. The SMILES string of the molecule is CC1c2ccccc2-c2ccc3c(c21)C(C)(C)c1ccccc1-3. The van der Waals surface area contributed by atoms with E-state index in [2.05, 4.69) is 81.4 Å². The average Bonchev–Trinajstić information content (AvgIpc) is 2.99. The Kier molecular flexibility index (Phi) is 2.36. The van der Waals surface area contributed by atoms with Gasteiger partial charge in [-0.1, -0.05) is 81.4 Å². The van der Waals surface area contributed by atoms with E-state index in [-0.39, 0.29) is 5.41 Å². The van der Waals surface area contributed by atoms with Gasteiger partial charge in [-0.2, -0.15) is 0 Å². The number of rotatable bonds is 0. The summed E-state index contributed by atoms with van der Waals surface area (Å²) >= 11 is 0. The molecule has 0 heteroatoms. The van der Waals surface area contributed by atoms with Gasteiger partial charge < -0.3 is 0 Å². The van der Waals surface area contributed by atoms with Crippen LogP contribution in [0, 0.1) is 0 Å². The lowest BCUT2D eigenvalue weighted by molar-refractivity contribution is 0.648. The van der Waals surface area contributed by atoms with Crippen molar-refractivity contribution in [1.29, 1.82) is 0 Å². The van der Waals surface area contributed by atoms with Gasteiger partial charge in [0.15, 0.2) is 0 Å². The summed E-state index contributed by atoms with van der Waals surface area (Å²) in [5.74, 6) is 0.477. The molecule has 1 unspecified atom stereocenters. The van der Waals surface area contributed by atoms with E-state index in [1.807, 2.05) is 0 Å². The Morgan fingerprint density at radius 1 is 0.696 bits per heavy atom. The van der Waals surface area contributed by atoms with Crippen LogP contribution in [-0.4, -0.2) is 0 Å². The highest BCUT2D eigenvalue weighted by Gasteiger charge is 2.41. The van der Waals surface area contributed by atoms with Crippen molar-refractivity contribution >= 4 is 0 Å². The summed E-state index contributed by atoms with van der Waals surface area (Å²) in [6.45, 7) is 7.13. The maximum absolute atomic E-state index is 2.38. The van der Waals surface area contributed by atoms with Crippen molar-refractivity contribution in [3.8, 4) is 22.3 Å². The van der Waals surface area contributed by atoms with E-state index >= 15 is 0 Å². The van der Waals surface area contributed by atoms with E-state index in [0.29, 0.717) is 5.92 Å². The molecule has 3 aromatic carbocycles. The van der Waals surface area contributed by atoms with Crippen molar-refractivity contribution < 1.29 is 0 Å². The van der Waals surface area contributed by atoms with Crippen LogP contribution in [0.3, 0.4) is 0 Å². The van der Waals surface area contributed by atoms with Crippen molar-refractivity contribution in [3.63, 3.8) is 0 Å². The van der Waals surface area contributed by atoms with Crippen LogP contribution in [0.2, 0.25) is 0 Å². The monoisotopic (exact) mass is 296 g/mol. The molecule has 0 aliphatic heterocycles. The Balaban J connectivity index is 1.89. The van der Waals surface area contributed by atoms with E-state index in [1.54, 1.807) is 11.1 Å². The first-order chi connectivity index (χ1) is 11.1. The molecule has 0 saturated heterocycles. The van der Waals surface area contributed by atoms with E-state index < -0.39 is 0 Å². The molecular weight excluding hydrogens is 276 g/mol. The molecule has 0 heterocycles. The van der Waals surface area contributed by atoms with Crippen LogP contribution >= 0.6 is 0 Å². The summed E-state index contributed by atoms with van der Waals surface area (Å²) in [6, 6.07) is 22.5. The van der Waals surface area contributed by atoms with Crippen molar-refractivity contribution in [2.24, 2.45) is 0 Å².